The van der Waals surface area contributed by atoms with Crippen LogP contribution in [0.3, 0.4) is 0 Å². The molecule has 2 amide bonds. The van der Waals surface area contributed by atoms with E-state index >= 15 is 0 Å². The molecule has 0 saturated heterocycles. The number of aliphatic hydroxyl groups is 2. The fraction of sp³-hybridized carbons (Fsp3) is 0.417. The average molecular weight is 500 g/mol. The highest BCUT2D eigenvalue weighted by Crippen LogP contribution is 2.19. The van der Waals surface area contributed by atoms with E-state index in [0.717, 1.165) is 17.8 Å². The van der Waals surface area contributed by atoms with Crippen LogP contribution >= 0.6 is 11.3 Å². The molecule has 2 aromatic rings. The topological polar surface area (TPSA) is 156 Å². The van der Waals surface area contributed by atoms with Crippen molar-refractivity contribution >= 4 is 46.3 Å². The van der Waals surface area contributed by atoms with Crippen LogP contribution in [0.25, 0.3) is 11.8 Å². The number of aliphatic hydroxyl groups excluding tert-OH is 1. The number of carbonyl (C=O) groups is 2. The number of hydrogen-bond acceptors (Lipinski definition) is 8. The van der Waals surface area contributed by atoms with Crippen LogP contribution in [0.1, 0.15) is 40.0 Å². The lowest BCUT2D eigenvalue weighted by Gasteiger charge is -2.16. The van der Waals surface area contributed by atoms with Gasteiger partial charge in [-0.2, -0.15) is 5.26 Å². The maximum absolute atomic E-state index is 12.9. The number of thiazole rings is 1. The van der Waals surface area contributed by atoms with Crippen molar-refractivity contribution in [2.45, 2.75) is 64.3 Å². The van der Waals surface area contributed by atoms with Crippen molar-refractivity contribution in [1.29, 1.82) is 5.26 Å². The van der Waals surface area contributed by atoms with Gasteiger partial charge < -0.3 is 26.2 Å². The van der Waals surface area contributed by atoms with Crippen molar-refractivity contribution in [2.24, 2.45) is 0 Å². The summed E-state index contributed by atoms with van der Waals surface area (Å²) in [6, 6.07) is 8.23. The summed E-state index contributed by atoms with van der Waals surface area (Å²) in [6.45, 7) is 4.78. The van der Waals surface area contributed by atoms with Crippen molar-refractivity contribution in [3.8, 4) is 6.07 Å². The molecule has 1 heterocycles. The molecule has 1 aromatic carbocycles. The quantitative estimate of drug-likeness (QED) is 0.364. The number of aromatic nitrogens is 1. The minimum Gasteiger partial charge on any atom is -0.391 e. The molecule has 0 radical (unpaired) electrons. The van der Waals surface area contributed by atoms with Gasteiger partial charge in [0.2, 0.25) is 0 Å². The first-order valence-corrected chi connectivity index (χ1v) is 12.1. The number of nitrogens with one attached hydrogen (secondary N) is 3. The summed E-state index contributed by atoms with van der Waals surface area (Å²) in [6.07, 6.45) is 2.86. The number of nitriles is 1. The van der Waals surface area contributed by atoms with Gasteiger partial charge in [-0.05, 0) is 58.2 Å². The standard InChI is InChI=1S/C24H29N5O5S/c1-4-29-21(32)19(13-26-14-7-5-8-15(11-14)27-23(33)24(2,3)34)35-22(29)16(12-25)20(31)28-17-9-6-10-18(17)30/h5,7-8,11,13,17-18,26,30,34H,4,6,9-10H2,1-3H3,(H,27,33)(H,28,31)/t17-,18-/m0/s1. The molecule has 5 N–H and O–H groups in total. The van der Waals surface area contributed by atoms with Gasteiger partial charge in [0.1, 0.15) is 20.9 Å². The van der Waals surface area contributed by atoms with Gasteiger partial charge in [-0.25, -0.2) is 0 Å². The van der Waals surface area contributed by atoms with Gasteiger partial charge in [-0.15, -0.1) is 11.3 Å². The molecule has 35 heavy (non-hydrogen) atoms. The van der Waals surface area contributed by atoms with Crippen LogP contribution in [0.2, 0.25) is 0 Å². The summed E-state index contributed by atoms with van der Waals surface area (Å²) in [4.78, 5) is 37.7. The molecule has 3 rings (SSSR count). The van der Waals surface area contributed by atoms with E-state index in [4.69, 9.17) is 0 Å². The molecule has 1 aliphatic rings. The smallest absolute Gasteiger partial charge is 0.270 e. The van der Waals surface area contributed by atoms with Crippen molar-refractivity contribution in [1.82, 2.24) is 9.88 Å². The molecule has 10 nitrogen and oxygen atoms in total. The Morgan fingerprint density at radius 1 is 1.31 bits per heavy atom. The fourth-order valence-corrected chi connectivity index (χ4v) is 4.74. The molecule has 0 spiro atoms. The second-order valence-corrected chi connectivity index (χ2v) is 9.80. The number of benzene rings is 1. The molecule has 0 bridgehead atoms. The largest absolute Gasteiger partial charge is 0.391 e. The summed E-state index contributed by atoms with van der Waals surface area (Å²) in [7, 11) is 0. The third-order valence-corrected chi connectivity index (χ3v) is 6.75. The van der Waals surface area contributed by atoms with E-state index in [1.54, 1.807) is 31.2 Å². The summed E-state index contributed by atoms with van der Waals surface area (Å²) in [5.74, 6) is -1.17. The van der Waals surface area contributed by atoms with Crippen molar-refractivity contribution in [2.75, 3.05) is 10.6 Å². The first kappa shape index (κ1) is 26.2. The monoisotopic (exact) mass is 499 g/mol. The van der Waals surface area contributed by atoms with E-state index in [9.17, 15) is 29.9 Å². The van der Waals surface area contributed by atoms with E-state index in [0.29, 0.717) is 24.2 Å². The van der Waals surface area contributed by atoms with Gasteiger partial charge in [-0.1, -0.05) is 6.07 Å². The van der Waals surface area contributed by atoms with E-state index < -0.39 is 29.6 Å². The van der Waals surface area contributed by atoms with Gasteiger partial charge in [-0.3, -0.25) is 19.0 Å². The first-order chi connectivity index (χ1) is 16.5. The molecule has 1 fully saturated rings. The van der Waals surface area contributed by atoms with Gasteiger partial charge in [0.05, 0.1) is 12.1 Å². The second-order valence-electron chi connectivity index (χ2n) is 8.77. The zero-order valence-electron chi connectivity index (χ0n) is 19.8. The Hall–Kier alpha value is -3.46. The summed E-state index contributed by atoms with van der Waals surface area (Å²) >= 11 is 1.01. The molecular formula is C24H29N5O5S. The van der Waals surface area contributed by atoms with E-state index in [1.807, 2.05) is 6.07 Å². The number of amides is 2. The average Bonchev–Trinajstić information content (AvgIpc) is 3.34. The lowest BCUT2D eigenvalue weighted by atomic mass is 10.1. The number of nitrogens with zero attached hydrogens (tertiary/aromatic N) is 2. The highest BCUT2D eigenvalue weighted by molar-refractivity contribution is 7.07. The number of rotatable bonds is 7. The Bertz CT molecular complexity index is 1330. The lowest BCUT2D eigenvalue weighted by Crippen LogP contribution is -2.42. The molecule has 11 heteroatoms. The fourth-order valence-electron chi connectivity index (χ4n) is 3.66. The lowest BCUT2D eigenvalue weighted by molar-refractivity contribution is -0.130. The van der Waals surface area contributed by atoms with Gasteiger partial charge in [0.25, 0.3) is 17.4 Å². The predicted molar refractivity (Wildman–Crippen MR) is 134 cm³/mol. The number of carbonyl (C=O) groups excluding carboxylic acids is 2. The Morgan fingerprint density at radius 3 is 2.63 bits per heavy atom. The number of anilines is 2. The van der Waals surface area contributed by atoms with Gasteiger partial charge in [0.15, 0.2) is 5.57 Å². The molecule has 1 aliphatic carbocycles. The second kappa shape index (κ2) is 10.9. The molecule has 0 unspecified atom stereocenters. The Kier molecular flexibility index (Phi) is 8.11. The summed E-state index contributed by atoms with van der Waals surface area (Å²) in [5.41, 5.74) is -1.03. The molecular weight excluding hydrogens is 470 g/mol. The summed E-state index contributed by atoms with van der Waals surface area (Å²) in [5, 5.41) is 37.8. The van der Waals surface area contributed by atoms with Gasteiger partial charge >= 0.3 is 0 Å². The Morgan fingerprint density at radius 2 is 2.03 bits per heavy atom. The third-order valence-electron chi connectivity index (χ3n) is 5.62. The summed E-state index contributed by atoms with van der Waals surface area (Å²) < 4.78 is 1.89. The Labute approximate surface area is 206 Å². The van der Waals surface area contributed by atoms with Crippen molar-refractivity contribution < 1.29 is 19.8 Å². The van der Waals surface area contributed by atoms with Crippen LogP contribution in [-0.2, 0) is 16.1 Å². The van der Waals surface area contributed by atoms with Crippen LogP contribution in [0.4, 0.5) is 11.4 Å². The van der Waals surface area contributed by atoms with Crippen LogP contribution in [0.15, 0.2) is 29.1 Å². The normalized spacial score (nSPS) is 19.1. The van der Waals surface area contributed by atoms with Crippen molar-refractivity contribution in [3.63, 3.8) is 0 Å². The zero-order chi connectivity index (χ0) is 25.8. The maximum atomic E-state index is 12.9. The maximum Gasteiger partial charge on any atom is 0.270 e. The van der Waals surface area contributed by atoms with Crippen molar-refractivity contribution in [3.05, 3.63) is 43.8 Å². The number of hydrogen-bond donors (Lipinski definition) is 5. The highest BCUT2D eigenvalue weighted by Gasteiger charge is 2.28. The van der Waals surface area contributed by atoms with Gasteiger partial charge in [0, 0.05) is 24.1 Å². The first-order valence-electron chi connectivity index (χ1n) is 11.3. The van der Waals surface area contributed by atoms with Crippen LogP contribution in [0, 0.1) is 11.3 Å². The molecule has 1 aromatic heterocycles. The highest BCUT2D eigenvalue weighted by atomic mass is 32.1. The third kappa shape index (κ3) is 6.16. The zero-order valence-corrected chi connectivity index (χ0v) is 20.6. The Balaban J connectivity index is 1.91. The minimum atomic E-state index is -1.54. The minimum absolute atomic E-state index is 0.177. The van der Waals surface area contributed by atoms with Crippen LogP contribution in [0.5, 0.6) is 0 Å². The molecule has 2 atom stereocenters. The van der Waals surface area contributed by atoms with Crippen LogP contribution < -0.4 is 30.7 Å². The van der Waals surface area contributed by atoms with E-state index in [-0.39, 0.29) is 26.9 Å². The van der Waals surface area contributed by atoms with Crippen LogP contribution in [-0.4, -0.2) is 44.3 Å². The molecule has 186 valence electrons. The molecule has 1 saturated carbocycles. The predicted octanol–water partition coefficient (Wildman–Crippen LogP) is 0.193. The van der Waals surface area contributed by atoms with E-state index in [1.165, 1.54) is 24.6 Å². The molecule has 0 aliphatic heterocycles. The van der Waals surface area contributed by atoms with E-state index in [2.05, 4.69) is 16.0 Å². The SMILES string of the molecule is CCn1c(=C(C#N)C(=O)N[C@H]2CCC[C@@H]2O)sc(=CNc2cccc(NC(=O)C(C)(C)O)c2)c1=O.